The van der Waals surface area contributed by atoms with Crippen molar-refractivity contribution in [3.05, 3.63) is 34.9 Å². The van der Waals surface area contributed by atoms with Gasteiger partial charge in [-0.1, -0.05) is 0 Å². The second kappa shape index (κ2) is 7.20. The Morgan fingerprint density at radius 1 is 1.07 bits per heavy atom. The summed E-state index contributed by atoms with van der Waals surface area (Å²) in [5.74, 6) is 0.829. The molecule has 7 nitrogen and oxygen atoms in total. The van der Waals surface area contributed by atoms with Crippen LogP contribution in [-0.4, -0.2) is 59.1 Å². The molecule has 5 rings (SSSR count). The van der Waals surface area contributed by atoms with Crippen LogP contribution in [0.1, 0.15) is 25.7 Å². The third-order valence-electron chi connectivity index (χ3n) is 6.34. The summed E-state index contributed by atoms with van der Waals surface area (Å²) in [4.78, 5) is 34.0. The number of carbonyl (C=O) groups is 1. The van der Waals surface area contributed by atoms with Gasteiger partial charge in [0, 0.05) is 45.0 Å². The minimum absolute atomic E-state index is 0.0269. The predicted molar refractivity (Wildman–Crippen MR) is 109 cm³/mol. The van der Waals surface area contributed by atoms with Gasteiger partial charge < -0.3 is 10.2 Å². The van der Waals surface area contributed by atoms with Crippen LogP contribution in [-0.2, 0) is 11.3 Å². The minimum atomic E-state index is 0.0269. The van der Waals surface area contributed by atoms with E-state index in [9.17, 15) is 9.59 Å². The number of benzene rings is 1. The average Bonchev–Trinajstić information content (AvgIpc) is 3.55. The first-order chi connectivity index (χ1) is 13.7. The molecule has 3 heterocycles. The average molecular weight is 381 g/mol. The number of anilines is 1. The largest absolute Gasteiger partial charge is 0.369 e. The quantitative estimate of drug-likeness (QED) is 0.862. The van der Waals surface area contributed by atoms with Crippen LogP contribution in [0.3, 0.4) is 0 Å². The van der Waals surface area contributed by atoms with Gasteiger partial charge in [0.05, 0.1) is 23.3 Å². The van der Waals surface area contributed by atoms with Crippen LogP contribution in [0.5, 0.6) is 0 Å². The lowest BCUT2D eigenvalue weighted by molar-refractivity contribution is -0.128. The molecule has 1 aliphatic carbocycles. The van der Waals surface area contributed by atoms with Crippen molar-refractivity contribution < 1.29 is 4.79 Å². The number of rotatable bonds is 4. The Hall–Kier alpha value is -2.41. The van der Waals surface area contributed by atoms with E-state index in [1.807, 2.05) is 18.2 Å². The Morgan fingerprint density at radius 2 is 1.89 bits per heavy atom. The molecule has 1 atom stereocenters. The van der Waals surface area contributed by atoms with Gasteiger partial charge in [-0.15, -0.1) is 0 Å². The molecule has 148 valence electrons. The molecular weight excluding hydrogens is 354 g/mol. The Bertz CT molecular complexity index is 943. The fourth-order valence-corrected chi connectivity index (χ4v) is 4.45. The number of piperazine rings is 1. The zero-order valence-corrected chi connectivity index (χ0v) is 16.1. The van der Waals surface area contributed by atoms with Gasteiger partial charge in [-0.3, -0.25) is 19.1 Å². The highest BCUT2D eigenvalue weighted by atomic mass is 16.2. The van der Waals surface area contributed by atoms with E-state index >= 15 is 0 Å². The Kier molecular flexibility index (Phi) is 4.55. The zero-order valence-electron chi connectivity index (χ0n) is 16.1. The normalized spacial score (nSPS) is 23.8. The fourth-order valence-electron chi connectivity index (χ4n) is 4.45. The second-order valence-corrected chi connectivity index (χ2v) is 8.32. The van der Waals surface area contributed by atoms with E-state index in [1.165, 1.54) is 12.8 Å². The molecule has 3 fully saturated rings. The van der Waals surface area contributed by atoms with Crippen molar-refractivity contribution in [3.63, 3.8) is 0 Å². The Morgan fingerprint density at radius 3 is 2.64 bits per heavy atom. The molecule has 2 aliphatic heterocycles. The summed E-state index contributed by atoms with van der Waals surface area (Å²) in [5.41, 5.74) is 1.94. The lowest BCUT2D eigenvalue weighted by atomic mass is 10.0. The molecule has 3 aliphatic rings. The Labute approximate surface area is 164 Å². The van der Waals surface area contributed by atoms with Gasteiger partial charge in [0.25, 0.3) is 5.56 Å². The van der Waals surface area contributed by atoms with Crippen LogP contribution in [0, 0.1) is 5.92 Å². The maximum absolute atomic E-state index is 12.7. The molecule has 28 heavy (non-hydrogen) atoms. The molecule has 1 N–H and O–H groups in total. The highest BCUT2D eigenvalue weighted by Gasteiger charge is 2.30. The van der Waals surface area contributed by atoms with E-state index in [-0.39, 0.29) is 17.5 Å². The first-order valence-electron chi connectivity index (χ1n) is 10.4. The van der Waals surface area contributed by atoms with E-state index < -0.39 is 0 Å². The number of hydrogen-bond donors (Lipinski definition) is 1. The van der Waals surface area contributed by atoms with Crippen molar-refractivity contribution in [1.82, 2.24) is 19.8 Å². The van der Waals surface area contributed by atoms with Gasteiger partial charge in [0.15, 0.2) is 0 Å². The monoisotopic (exact) mass is 381 g/mol. The molecule has 2 saturated heterocycles. The molecule has 1 saturated carbocycles. The van der Waals surface area contributed by atoms with Gasteiger partial charge >= 0.3 is 0 Å². The standard InChI is InChI=1S/C21H27N5O2/c27-20-19(2-1-7-22-20)25-10-8-24(9-11-25)16-5-6-17-18(12-16)23-14-26(21(17)28)13-15-3-4-15/h5-6,12,14-15,19H,1-4,7-11,13H2,(H,22,27). The zero-order chi connectivity index (χ0) is 19.1. The van der Waals surface area contributed by atoms with Crippen LogP contribution >= 0.6 is 0 Å². The van der Waals surface area contributed by atoms with Crippen LogP contribution < -0.4 is 15.8 Å². The first-order valence-corrected chi connectivity index (χ1v) is 10.4. The summed E-state index contributed by atoms with van der Waals surface area (Å²) in [7, 11) is 0. The second-order valence-electron chi connectivity index (χ2n) is 8.32. The minimum Gasteiger partial charge on any atom is -0.369 e. The molecular formula is C21H27N5O2. The van der Waals surface area contributed by atoms with E-state index in [4.69, 9.17) is 0 Å². The summed E-state index contributed by atoms with van der Waals surface area (Å²) in [5, 5.41) is 3.68. The van der Waals surface area contributed by atoms with Crippen molar-refractivity contribution >= 4 is 22.5 Å². The maximum atomic E-state index is 12.7. The molecule has 0 bridgehead atoms. The van der Waals surface area contributed by atoms with Gasteiger partial charge in [-0.25, -0.2) is 4.98 Å². The smallest absolute Gasteiger partial charge is 0.261 e. The van der Waals surface area contributed by atoms with Crippen molar-refractivity contribution in [3.8, 4) is 0 Å². The van der Waals surface area contributed by atoms with Crippen LogP contribution in [0.15, 0.2) is 29.3 Å². The molecule has 0 radical (unpaired) electrons. The van der Waals surface area contributed by atoms with Crippen LogP contribution in [0.2, 0.25) is 0 Å². The summed E-state index contributed by atoms with van der Waals surface area (Å²) >= 11 is 0. The topological polar surface area (TPSA) is 70.5 Å². The summed E-state index contributed by atoms with van der Waals surface area (Å²) in [6.07, 6.45) is 6.16. The first kappa shape index (κ1) is 17.7. The predicted octanol–water partition coefficient (Wildman–Crippen LogP) is 1.21. The third kappa shape index (κ3) is 3.39. The van der Waals surface area contributed by atoms with E-state index in [0.29, 0.717) is 11.3 Å². The van der Waals surface area contributed by atoms with E-state index in [2.05, 4.69) is 20.1 Å². The molecule has 1 aromatic carbocycles. The van der Waals surface area contributed by atoms with Gasteiger partial charge in [0.1, 0.15) is 0 Å². The summed E-state index contributed by atoms with van der Waals surface area (Å²) < 4.78 is 1.76. The summed E-state index contributed by atoms with van der Waals surface area (Å²) in [6, 6.07) is 6.01. The highest BCUT2D eigenvalue weighted by Crippen LogP contribution is 2.30. The molecule has 1 unspecified atom stereocenters. The SMILES string of the molecule is O=C1NCCCC1N1CCN(c2ccc3c(=O)n(CC4CC4)cnc3c2)CC1. The van der Waals surface area contributed by atoms with Gasteiger partial charge in [-0.05, 0) is 49.8 Å². The lowest BCUT2D eigenvalue weighted by Crippen LogP contribution is -2.56. The van der Waals surface area contributed by atoms with Crippen LogP contribution in [0.4, 0.5) is 5.69 Å². The van der Waals surface area contributed by atoms with E-state index in [1.54, 1.807) is 10.9 Å². The maximum Gasteiger partial charge on any atom is 0.261 e. The van der Waals surface area contributed by atoms with Crippen molar-refractivity contribution in [1.29, 1.82) is 0 Å². The number of aromatic nitrogens is 2. The number of nitrogens with zero attached hydrogens (tertiary/aromatic N) is 4. The molecule has 7 heteroatoms. The fraction of sp³-hybridized carbons (Fsp3) is 0.571. The summed E-state index contributed by atoms with van der Waals surface area (Å²) in [6.45, 7) is 5.13. The molecule has 0 spiro atoms. The number of piperidine rings is 1. The molecule has 2 aromatic rings. The number of amides is 1. The number of fused-ring (bicyclic) bond motifs is 1. The van der Waals surface area contributed by atoms with Crippen molar-refractivity contribution in [2.45, 2.75) is 38.3 Å². The van der Waals surface area contributed by atoms with Crippen molar-refractivity contribution in [2.75, 3.05) is 37.6 Å². The van der Waals surface area contributed by atoms with Gasteiger partial charge in [0.2, 0.25) is 5.91 Å². The number of nitrogens with one attached hydrogen (secondary N) is 1. The number of hydrogen-bond acceptors (Lipinski definition) is 5. The third-order valence-corrected chi connectivity index (χ3v) is 6.34. The van der Waals surface area contributed by atoms with Gasteiger partial charge in [-0.2, -0.15) is 0 Å². The molecule has 1 amide bonds. The number of carbonyl (C=O) groups excluding carboxylic acids is 1. The molecule has 1 aromatic heterocycles. The van der Waals surface area contributed by atoms with Crippen LogP contribution in [0.25, 0.3) is 10.9 Å². The lowest BCUT2D eigenvalue weighted by Gasteiger charge is -2.40. The Balaban J connectivity index is 1.30. The van der Waals surface area contributed by atoms with Crippen molar-refractivity contribution in [2.24, 2.45) is 5.92 Å². The highest BCUT2D eigenvalue weighted by molar-refractivity contribution is 5.83. The van der Waals surface area contributed by atoms with E-state index in [0.717, 1.165) is 63.3 Å².